The van der Waals surface area contributed by atoms with E-state index < -0.39 is 0 Å². The third kappa shape index (κ3) is 5.40. The van der Waals surface area contributed by atoms with Gasteiger partial charge in [0.1, 0.15) is 6.04 Å². The van der Waals surface area contributed by atoms with Crippen LogP contribution in [0.3, 0.4) is 0 Å². The number of thioether (sulfide) groups is 1. The van der Waals surface area contributed by atoms with Gasteiger partial charge in [0, 0.05) is 18.2 Å². The highest BCUT2D eigenvalue weighted by Crippen LogP contribution is 2.34. The van der Waals surface area contributed by atoms with Gasteiger partial charge in [-0.15, -0.1) is 11.8 Å². The van der Waals surface area contributed by atoms with Crippen LogP contribution in [0.25, 0.3) is 0 Å². The third-order valence-corrected chi connectivity index (χ3v) is 6.36. The summed E-state index contributed by atoms with van der Waals surface area (Å²) in [5.41, 5.74) is 0. The summed E-state index contributed by atoms with van der Waals surface area (Å²) in [5.74, 6) is 1.51. The summed E-state index contributed by atoms with van der Waals surface area (Å²) in [4.78, 5) is 27.5. The number of hydrogen-bond acceptors (Lipinski definition) is 3. The van der Waals surface area contributed by atoms with E-state index in [-0.39, 0.29) is 23.2 Å². The molecule has 2 aliphatic rings. The van der Waals surface area contributed by atoms with Crippen molar-refractivity contribution in [1.29, 1.82) is 0 Å². The van der Waals surface area contributed by atoms with Crippen molar-refractivity contribution in [2.45, 2.75) is 96.0 Å². The van der Waals surface area contributed by atoms with Gasteiger partial charge in [-0.25, -0.2) is 0 Å². The van der Waals surface area contributed by atoms with Crippen molar-refractivity contribution in [2.24, 2.45) is 5.92 Å². The second-order valence-electron chi connectivity index (χ2n) is 7.68. The van der Waals surface area contributed by atoms with Crippen LogP contribution in [-0.2, 0) is 9.59 Å². The lowest BCUT2D eigenvalue weighted by Gasteiger charge is -2.31. The molecule has 1 aliphatic heterocycles. The quantitative estimate of drug-likeness (QED) is 0.753. The number of carbonyl (C=O) groups excluding carboxylic acids is 2. The maximum atomic E-state index is 12.8. The van der Waals surface area contributed by atoms with E-state index in [9.17, 15) is 9.59 Å². The minimum absolute atomic E-state index is 0.0745. The van der Waals surface area contributed by atoms with Gasteiger partial charge < -0.3 is 10.2 Å². The van der Waals surface area contributed by atoms with Crippen molar-refractivity contribution in [2.75, 3.05) is 5.75 Å². The van der Waals surface area contributed by atoms with Gasteiger partial charge in [-0.2, -0.15) is 0 Å². The lowest BCUT2D eigenvalue weighted by molar-refractivity contribution is -0.140. The first-order valence-corrected chi connectivity index (χ1v) is 10.8. The Morgan fingerprint density at radius 2 is 1.92 bits per heavy atom. The molecule has 24 heavy (non-hydrogen) atoms. The molecule has 5 heteroatoms. The molecular weight excluding hydrogens is 320 g/mol. The van der Waals surface area contributed by atoms with E-state index in [4.69, 9.17) is 0 Å². The summed E-state index contributed by atoms with van der Waals surface area (Å²) >= 11 is 1.78. The Kier molecular flexibility index (Phi) is 7.92. The van der Waals surface area contributed by atoms with Gasteiger partial charge in [0.25, 0.3) is 0 Å². The summed E-state index contributed by atoms with van der Waals surface area (Å²) in [7, 11) is 0. The van der Waals surface area contributed by atoms with Crippen molar-refractivity contribution in [3.63, 3.8) is 0 Å². The second-order valence-corrected chi connectivity index (χ2v) is 8.89. The number of hydrogen-bond donors (Lipinski definition) is 1. The van der Waals surface area contributed by atoms with E-state index in [0.29, 0.717) is 18.4 Å². The number of unbranched alkanes of at least 4 members (excludes halogenated alkanes) is 1. The molecule has 1 saturated heterocycles. The molecule has 2 unspecified atom stereocenters. The molecular formula is C19H34N2O2S. The highest BCUT2D eigenvalue weighted by atomic mass is 32.2. The zero-order valence-electron chi connectivity index (χ0n) is 15.6. The summed E-state index contributed by atoms with van der Waals surface area (Å²) in [6.07, 6.45) is 9.33. The Balaban J connectivity index is 2.01. The zero-order valence-corrected chi connectivity index (χ0v) is 16.4. The topological polar surface area (TPSA) is 49.4 Å². The predicted octanol–water partition coefficient (Wildman–Crippen LogP) is 3.94. The highest BCUT2D eigenvalue weighted by molar-refractivity contribution is 8.00. The molecule has 2 amide bonds. The monoisotopic (exact) mass is 354 g/mol. The third-order valence-electron chi connectivity index (χ3n) is 5.05. The minimum atomic E-state index is -0.273. The van der Waals surface area contributed by atoms with Gasteiger partial charge in [-0.3, -0.25) is 9.59 Å². The fourth-order valence-corrected chi connectivity index (χ4v) is 5.35. The van der Waals surface area contributed by atoms with Crippen LogP contribution in [-0.4, -0.2) is 39.9 Å². The van der Waals surface area contributed by atoms with E-state index in [0.717, 1.165) is 37.9 Å². The number of nitrogens with one attached hydrogen (secondary N) is 1. The summed E-state index contributed by atoms with van der Waals surface area (Å²) in [5, 5.41) is 3.39. The molecule has 4 nitrogen and oxygen atoms in total. The second kappa shape index (κ2) is 9.69. The Bertz CT molecular complexity index is 422. The van der Waals surface area contributed by atoms with Crippen LogP contribution in [0, 0.1) is 5.92 Å². The van der Waals surface area contributed by atoms with Crippen LogP contribution < -0.4 is 5.32 Å². The molecule has 0 aromatic heterocycles. The first-order valence-electron chi connectivity index (χ1n) is 9.76. The van der Waals surface area contributed by atoms with Gasteiger partial charge in [-0.05, 0) is 31.6 Å². The van der Waals surface area contributed by atoms with E-state index in [1.165, 1.54) is 19.3 Å². The molecule has 0 aromatic carbocycles. The van der Waals surface area contributed by atoms with E-state index in [1.807, 2.05) is 4.90 Å². The fraction of sp³-hybridized carbons (Fsp3) is 0.895. The molecule has 1 aliphatic carbocycles. The minimum Gasteiger partial charge on any atom is -0.352 e. The zero-order chi connectivity index (χ0) is 17.5. The first kappa shape index (κ1) is 19.6. The SMILES string of the molecule is CCCCC(=O)N1C(CC(C)C)SCC1C(=O)NC1CCCCC1. The first-order chi connectivity index (χ1) is 11.5. The standard InChI is InChI=1S/C19H34N2O2S/c1-4-5-11-17(22)21-16(13-24-18(21)12-14(2)3)19(23)20-15-9-7-6-8-10-15/h14-16,18H,4-13H2,1-3H3,(H,20,23). The molecule has 1 heterocycles. The normalized spacial score (nSPS) is 25.2. The Labute approximate surface area is 151 Å². The molecule has 2 atom stereocenters. The predicted molar refractivity (Wildman–Crippen MR) is 101 cm³/mol. The molecule has 0 bridgehead atoms. The van der Waals surface area contributed by atoms with Gasteiger partial charge >= 0.3 is 0 Å². The summed E-state index contributed by atoms with van der Waals surface area (Å²) in [6.45, 7) is 6.47. The van der Waals surface area contributed by atoms with Crippen molar-refractivity contribution < 1.29 is 9.59 Å². The Morgan fingerprint density at radius 3 is 2.54 bits per heavy atom. The number of rotatable bonds is 7. The lowest BCUT2D eigenvalue weighted by Crippen LogP contribution is -2.52. The van der Waals surface area contributed by atoms with Gasteiger partial charge in [0.05, 0.1) is 5.37 Å². The average molecular weight is 355 g/mol. The summed E-state index contributed by atoms with van der Waals surface area (Å²) < 4.78 is 0. The smallest absolute Gasteiger partial charge is 0.243 e. The molecule has 2 rings (SSSR count). The molecule has 0 aromatic rings. The van der Waals surface area contributed by atoms with Crippen molar-refractivity contribution >= 4 is 23.6 Å². The largest absolute Gasteiger partial charge is 0.352 e. The van der Waals surface area contributed by atoms with Crippen LogP contribution in [0.2, 0.25) is 0 Å². The average Bonchev–Trinajstić information content (AvgIpc) is 2.96. The Morgan fingerprint density at radius 1 is 1.21 bits per heavy atom. The van der Waals surface area contributed by atoms with Crippen molar-refractivity contribution in [1.82, 2.24) is 10.2 Å². The maximum absolute atomic E-state index is 12.8. The van der Waals surface area contributed by atoms with E-state index in [1.54, 1.807) is 11.8 Å². The molecule has 1 saturated carbocycles. The highest BCUT2D eigenvalue weighted by Gasteiger charge is 2.41. The fourth-order valence-electron chi connectivity index (χ4n) is 3.69. The van der Waals surface area contributed by atoms with E-state index in [2.05, 4.69) is 26.1 Å². The molecule has 1 N–H and O–H groups in total. The lowest BCUT2D eigenvalue weighted by atomic mass is 9.95. The van der Waals surface area contributed by atoms with Crippen LogP contribution in [0.5, 0.6) is 0 Å². The Hall–Kier alpha value is -0.710. The molecule has 138 valence electrons. The molecule has 2 fully saturated rings. The van der Waals surface area contributed by atoms with Crippen LogP contribution in [0.15, 0.2) is 0 Å². The van der Waals surface area contributed by atoms with Crippen molar-refractivity contribution in [3.8, 4) is 0 Å². The van der Waals surface area contributed by atoms with Crippen LogP contribution in [0.1, 0.15) is 78.6 Å². The number of nitrogens with zero attached hydrogens (tertiary/aromatic N) is 1. The number of amides is 2. The van der Waals surface area contributed by atoms with Crippen molar-refractivity contribution in [3.05, 3.63) is 0 Å². The van der Waals surface area contributed by atoms with Gasteiger partial charge in [-0.1, -0.05) is 46.5 Å². The molecule has 0 radical (unpaired) electrons. The van der Waals surface area contributed by atoms with Gasteiger partial charge in [0.2, 0.25) is 11.8 Å². The maximum Gasteiger partial charge on any atom is 0.243 e. The van der Waals surface area contributed by atoms with Gasteiger partial charge in [0.15, 0.2) is 0 Å². The number of carbonyl (C=O) groups is 2. The van der Waals surface area contributed by atoms with Crippen LogP contribution in [0.4, 0.5) is 0 Å². The molecule has 0 spiro atoms. The summed E-state index contributed by atoms with van der Waals surface area (Å²) in [6, 6.07) is 0.0398. The van der Waals surface area contributed by atoms with E-state index >= 15 is 0 Å². The van der Waals surface area contributed by atoms with Crippen LogP contribution >= 0.6 is 11.8 Å².